The lowest BCUT2D eigenvalue weighted by molar-refractivity contribution is -0.153. The Morgan fingerprint density at radius 2 is 1.83 bits per heavy atom. The van der Waals surface area contributed by atoms with Gasteiger partial charge in [0, 0.05) is 0 Å². The highest BCUT2D eigenvalue weighted by molar-refractivity contribution is 5.71. The summed E-state index contributed by atoms with van der Waals surface area (Å²) in [7, 11) is 0. The molecule has 2 nitrogen and oxygen atoms in total. The fourth-order valence-corrected chi connectivity index (χ4v) is 0.671. The third-order valence-electron chi connectivity index (χ3n) is 1.10. The molecule has 0 spiro atoms. The number of hydrogen-bond acceptors (Lipinski definition) is 2. The Morgan fingerprint density at radius 1 is 1.33 bits per heavy atom. The minimum Gasteiger partial charge on any atom is -0.460 e. The molecule has 0 saturated heterocycles. The van der Waals surface area contributed by atoms with Crippen molar-refractivity contribution in [3.8, 4) is 0 Å². The van der Waals surface area contributed by atoms with Gasteiger partial charge in [-0.1, -0.05) is 11.6 Å². The molecule has 0 amide bonds. The molecule has 2 heteroatoms. The fourth-order valence-electron chi connectivity index (χ4n) is 0.671. The summed E-state index contributed by atoms with van der Waals surface area (Å²) in [4.78, 5) is 11.1. The Hall–Kier alpha value is -0.790. The lowest BCUT2D eigenvalue weighted by Crippen LogP contribution is -2.23. The molecule has 0 radical (unpaired) electrons. The van der Waals surface area contributed by atoms with Crippen LogP contribution in [0.3, 0.4) is 0 Å². The Morgan fingerprint density at radius 3 is 2.17 bits per heavy atom. The first-order valence-corrected chi connectivity index (χ1v) is 4.16. The third-order valence-corrected chi connectivity index (χ3v) is 1.10. The maximum absolute atomic E-state index is 11.1. The number of carbonyl (C=O) groups is 1. The fraction of sp³-hybridized carbons (Fsp3) is 0.700. The molecule has 0 unspecified atom stereocenters. The molecule has 0 aliphatic heterocycles. The first-order valence-electron chi connectivity index (χ1n) is 4.16. The molecule has 0 rings (SSSR count). The van der Waals surface area contributed by atoms with Crippen molar-refractivity contribution in [1.29, 1.82) is 0 Å². The molecule has 0 aliphatic rings. The molecule has 0 heterocycles. The number of rotatable bonds is 2. The standard InChI is InChI=1S/C10H18O2/c1-8(2)6-7-9(11)12-10(3,4)5/h6H,7H2,1-5H3. The SMILES string of the molecule is CC(C)=CCC(=O)OC(C)(C)C. The van der Waals surface area contributed by atoms with E-state index in [1.807, 2.05) is 40.7 Å². The zero-order valence-electron chi connectivity index (χ0n) is 8.60. The molecule has 70 valence electrons. The molecule has 0 saturated carbocycles. The summed E-state index contributed by atoms with van der Waals surface area (Å²) in [5.41, 5.74) is 0.771. The smallest absolute Gasteiger partial charge is 0.310 e. The topological polar surface area (TPSA) is 26.3 Å². The first kappa shape index (κ1) is 11.2. The van der Waals surface area contributed by atoms with Crippen molar-refractivity contribution in [3.63, 3.8) is 0 Å². The second-order valence-electron chi connectivity index (χ2n) is 4.07. The van der Waals surface area contributed by atoms with Crippen LogP contribution in [0.5, 0.6) is 0 Å². The highest BCUT2D eigenvalue weighted by Crippen LogP contribution is 2.08. The molecule has 0 aromatic heterocycles. The quantitative estimate of drug-likeness (QED) is 0.470. The number of hydrogen-bond donors (Lipinski definition) is 0. The van der Waals surface area contributed by atoms with Crippen molar-refractivity contribution in [3.05, 3.63) is 11.6 Å². The zero-order chi connectivity index (χ0) is 9.78. The van der Waals surface area contributed by atoms with E-state index in [1.165, 1.54) is 0 Å². The average Bonchev–Trinajstić information content (AvgIpc) is 1.79. The maximum Gasteiger partial charge on any atom is 0.310 e. The minimum absolute atomic E-state index is 0.163. The van der Waals surface area contributed by atoms with Crippen molar-refractivity contribution in [1.82, 2.24) is 0 Å². The monoisotopic (exact) mass is 170 g/mol. The number of esters is 1. The van der Waals surface area contributed by atoms with Gasteiger partial charge in [-0.2, -0.15) is 0 Å². The maximum atomic E-state index is 11.1. The molecule has 0 N–H and O–H groups in total. The summed E-state index contributed by atoms with van der Waals surface area (Å²) in [5, 5.41) is 0. The van der Waals surface area contributed by atoms with E-state index in [0.717, 1.165) is 5.57 Å². The van der Waals surface area contributed by atoms with Crippen molar-refractivity contribution in [2.24, 2.45) is 0 Å². The molecule has 0 fully saturated rings. The second-order valence-corrected chi connectivity index (χ2v) is 4.07. The molecular weight excluding hydrogens is 152 g/mol. The number of ether oxygens (including phenoxy) is 1. The van der Waals surface area contributed by atoms with E-state index in [0.29, 0.717) is 6.42 Å². The van der Waals surface area contributed by atoms with E-state index in [2.05, 4.69) is 0 Å². The second kappa shape index (κ2) is 4.29. The predicted molar refractivity (Wildman–Crippen MR) is 49.9 cm³/mol. The Kier molecular flexibility index (Phi) is 4.01. The normalized spacial score (nSPS) is 10.8. The molecule has 0 bridgehead atoms. The minimum atomic E-state index is -0.368. The van der Waals surface area contributed by atoms with Crippen molar-refractivity contribution >= 4 is 5.97 Å². The van der Waals surface area contributed by atoms with Gasteiger partial charge in [0.25, 0.3) is 0 Å². The van der Waals surface area contributed by atoms with Crippen LogP contribution in [0.25, 0.3) is 0 Å². The highest BCUT2D eigenvalue weighted by Gasteiger charge is 2.14. The van der Waals surface area contributed by atoms with Crippen LogP contribution >= 0.6 is 0 Å². The average molecular weight is 170 g/mol. The lowest BCUT2D eigenvalue weighted by atomic mass is 10.2. The van der Waals surface area contributed by atoms with Crippen LogP contribution in [0, 0.1) is 0 Å². The highest BCUT2D eigenvalue weighted by atomic mass is 16.6. The Labute approximate surface area is 74.6 Å². The third kappa shape index (κ3) is 7.32. The van der Waals surface area contributed by atoms with E-state index in [9.17, 15) is 4.79 Å². The van der Waals surface area contributed by atoms with Crippen LogP contribution in [0.4, 0.5) is 0 Å². The summed E-state index contributed by atoms with van der Waals surface area (Å²) in [6.45, 7) is 9.53. The predicted octanol–water partition coefficient (Wildman–Crippen LogP) is 2.68. The van der Waals surface area contributed by atoms with Gasteiger partial charge in [0.1, 0.15) is 5.60 Å². The van der Waals surface area contributed by atoms with Crippen LogP contribution in [0.1, 0.15) is 41.0 Å². The van der Waals surface area contributed by atoms with Gasteiger partial charge in [-0.05, 0) is 34.6 Å². The Balaban J connectivity index is 3.84. The van der Waals surface area contributed by atoms with Crippen LogP contribution in [-0.2, 0) is 9.53 Å². The van der Waals surface area contributed by atoms with Crippen LogP contribution in [0.2, 0.25) is 0 Å². The van der Waals surface area contributed by atoms with Crippen LogP contribution in [-0.4, -0.2) is 11.6 Å². The number of carbonyl (C=O) groups excluding carboxylic acids is 1. The molecular formula is C10H18O2. The van der Waals surface area contributed by atoms with Gasteiger partial charge in [-0.15, -0.1) is 0 Å². The van der Waals surface area contributed by atoms with E-state index in [1.54, 1.807) is 0 Å². The summed E-state index contributed by atoms with van der Waals surface area (Å²) in [6.07, 6.45) is 2.24. The van der Waals surface area contributed by atoms with Gasteiger partial charge < -0.3 is 4.74 Å². The van der Waals surface area contributed by atoms with Crippen molar-refractivity contribution in [2.45, 2.75) is 46.6 Å². The van der Waals surface area contributed by atoms with Gasteiger partial charge in [-0.25, -0.2) is 0 Å². The van der Waals surface area contributed by atoms with E-state index in [4.69, 9.17) is 4.74 Å². The lowest BCUT2D eigenvalue weighted by Gasteiger charge is -2.18. The summed E-state index contributed by atoms with van der Waals surface area (Å²) in [5.74, 6) is -0.163. The van der Waals surface area contributed by atoms with Crippen LogP contribution in [0.15, 0.2) is 11.6 Å². The molecule has 12 heavy (non-hydrogen) atoms. The van der Waals surface area contributed by atoms with Crippen molar-refractivity contribution < 1.29 is 9.53 Å². The van der Waals surface area contributed by atoms with Gasteiger partial charge in [0.15, 0.2) is 0 Å². The van der Waals surface area contributed by atoms with Gasteiger partial charge >= 0.3 is 5.97 Å². The van der Waals surface area contributed by atoms with Gasteiger partial charge in [-0.3, -0.25) is 4.79 Å². The number of allylic oxidation sites excluding steroid dienone is 1. The van der Waals surface area contributed by atoms with Crippen molar-refractivity contribution in [2.75, 3.05) is 0 Å². The van der Waals surface area contributed by atoms with E-state index >= 15 is 0 Å². The summed E-state index contributed by atoms with van der Waals surface area (Å²) >= 11 is 0. The zero-order valence-corrected chi connectivity index (χ0v) is 8.60. The molecule has 0 aromatic rings. The van der Waals surface area contributed by atoms with Gasteiger partial charge in [0.2, 0.25) is 0 Å². The molecule has 0 aliphatic carbocycles. The molecule has 0 aromatic carbocycles. The van der Waals surface area contributed by atoms with E-state index in [-0.39, 0.29) is 11.6 Å². The van der Waals surface area contributed by atoms with Crippen LogP contribution < -0.4 is 0 Å². The largest absolute Gasteiger partial charge is 0.460 e. The Bertz CT molecular complexity index is 181. The van der Waals surface area contributed by atoms with E-state index < -0.39 is 0 Å². The molecule has 0 atom stereocenters. The summed E-state index contributed by atoms with van der Waals surface area (Å²) in [6, 6.07) is 0. The first-order chi connectivity index (χ1) is 5.31. The summed E-state index contributed by atoms with van der Waals surface area (Å²) < 4.78 is 5.10. The van der Waals surface area contributed by atoms with Gasteiger partial charge in [0.05, 0.1) is 6.42 Å².